The Morgan fingerprint density at radius 1 is 1.28 bits per heavy atom. The first kappa shape index (κ1) is 21.8. The van der Waals surface area contributed by atoms with Crippen LogP contribution in [-0.4, -0.2) is 33.2 Å². The Hall–Kier alpha value is -1.91. The molecular formula is C18H16ClF3N4OS2. The standard InChI is InChI=1S/C18H16ClF3N4OS2/c1-8-13-9(2)25-10(3)26-17(13)29-14(8)15(27)23-4-5-28-16-12(19)6-11(7-24-16)18(20,21)22/h6-7H,4-5H2,1-3H3,(H,23,27). The summed E-state index contributed by atoms with van der Waals surface area (Å²) in [6.45, 7) is 5.86. The lowest BCUT2D eigenvalue weighted by Gasteiger charge is -2.09. The summed E-state index contributed by atoms with van der Waals surface area (Å²) < 4.78 is 38.0. The molecule has 0 bridgehead atoms. The molecule has 0 aliphatic heterocycles. The molecule has 3 rings (SSSR count). The fraction of sp³-hybridized carbons (Fsp3) is 0.333. The zero-order valence-corrected chi connectivity index (χ0v) is 18.0. The zero-order chi connectivity index (χ0) is 21.3. The maximum Gasteiger partial charge on any atom is 0.417 e. The Kier molecular flexibility index (Phi) is 6.35. The second-order valence-electron chi connectivity index (χ2n) is 6.21. The van der Waals surface area contributed by atoms with E-state index in [1.807, 2.05) is 13.8 Å². The van der Waals surface area contributed by atoms with Gasteiger partial charge in [-0.3, -0.25) is 4.79 Å². The number of alkyl halides is 3. The molecule has 3 heterocycles. The number of hydrogen-bond donors (Lipinski definition) is 1. The molecule has 0 aliphatic carbocycles. The first-order chi connectivity index (χ1) is 13.6. The number of hydrogen-bond acceptors (Lipinski definition) is 6. The lowest BCUT2D eigenvalue weighted by molar-refractivity contribution is -0.137. The number of pyridine rings is 1. The molecule has 5 nitrogen and oxygen atoms in total. The van der Waals surface area contributed by atoms with Crippen molar-refractivity contribution in [2.75, 3.05) is 12.3 Å². The van der Waals surface area contributed by atoms with E-state index < -0.39 is 11.7 Å². The second kappa shape index (κ2) is 8.45. The van der Waals surface area contributed by atoms with Gasteiger partial charge in [0.05, 0.1) is 15.5 Å². The maximum atomic E-state index is 12.7. The van der Waals surface area contributed by atoms with Crippen LogP contribution in [0.25, 0.3) is 10.2 Å². The third-order valence-electron chi connectivity index (χ3n) is 4.05. The maximum absolute atomic E-state index is 12.7. The Bertz CT molecular complexity index is 1090. The first-order valence-electron chi connectivity index (χ1n) is 8.46. The summed E-state index contributed by atoms with van der Waals surface area (Å²) in [6, 6.07) is 0.849. The number of aryl methyl sites for hydroxylation is 3. The minimum atomic E-state index is -4.49. The molecule has 0 aromatic carbocycles. The number of thiophene rings is 1. The number of amides is 1. The van der Waals surface area contributed by atoms with Gasteiger partial charge in [0.25, 0.3) is 5.91 Å². The van der Waals surface area contributed by atoms with Crippen LogP contribution in [0, 0.1) is 20.8 Å². The summed E-state index contributed by atoms with van der Waals surface area (Å²) in [6.07, 6.45) is -3.74. The van der Waals surface area contributed by atoms with E-state index in [-0.39, 0.29) is 16.0 Å². The van der Waals surface area contributed by atoms with Crippen LogP contribution in [0.4, 0.5) is 13.2 Å². The minimum Gasteiger partial charge on any atom is -0.350 e. The first-order valence-corrected chi connectivity index (χ1v) is 10.6. The molecule has 1 amide bonds. The SMILES string of the molecule is Cc1nc(C)c2c(C)c(C(=O)NCCSc3ncc(C(F)(F)F)cc3Cl)sc2n1. The molecule has 154 valence electrons. The van der Waals surface area contributed by atoms with Crippen LogP contribution in [0.5, 0.6) is 0 Å². The second-order valence-corrected chi connectivity index (χ2v) is 8.70. The van der Waals surface area contributed by atoms with Gasteiger partial charge in [0.1, 0.15) is 15.7 Å². The predicted molar refractivity (Wildman–Crippen MR) is 109 cm³/mol. The van der Waals surface area contributed by atoms with E-state index >= 15 is 0 Å². The number of thioether (sulfide) groups is 1. The van der Waals surface area contributed by atoms with Crippen molar-refractivity contribution in [3.8, 4) is 0 Å². The topological polar surface area (TPSA) is 67.8 Å². The molecule has 3 aromatic rings. The summed E-state index contributed by atoms with van der Waals surface area (Å²) >= 11 is 8.37. The van der Waals surface area contributed by atoms with Crippen LogP contribution in [-0.2, 0) is 6.18 Å². The lowest BCUT2D eigenvalue weighted by Crippen LogP contribution is -2.25. The van der Waals surface area contributed by atoms with Crippen LogP contribution in [0.1, 0.15) is 32.3 Å². The van der Waals surface area contributed by atoms with Crippen molar-refractivity contribution in [1.29, 1.82) is 0 Å². The van der Waals surface area contributed by atoms with E-state index in [1.54, 1.807) is 6.92 Å². The summed E-state index contributed by atoms with van der Waals surface area (Å²) in [4.78, 5) is 26.4. The van der Waals surface area contributed by atoms with Gasteiger partial charge in [-0.05, 0) is 32.4 Å². The molecule has 0 saturated carbocycles. The smallest absolute Gasteiger partial charge is 0.350 e. The highest BCUT2D eigenvalue weighted by atomic mass is 35.5. The monoisotopic (exact) mass is 460 g/mol. The highest BCUT2D eigenvalue weighted by Crippen LogP contribution is 2.34. The molecule has 1 N–H and O–H groups in total. The van der Waals surface area contributed by atoms with Gasteiger partial charge >= 0.3 is 6.18 Å². The fourth-order valence-corrected chi connectivity index (χ4v) is 5.01. The van der Waals surface area contributed by atoms with Crippen molar-refractivity contribution >= 4 is 50.8 Å². The highest BCUT2D eigenvalue weighted by Gasteiger charge is 2.31. The number of fused-ring (bicyclic) bond motifs is 1. The van der Waals surface area contributed by atoms with E-state index in [2.05, 4.69) is 20.3 Å². The third kappa shape index (κ3) is 4.81. The molecule has 29 heavy (non-hydrogen) atoms. The van der Waals surface area contributed by atoms with E-state index in [0.717, 1.165) is 33.7 Å². The molecule has 0 atom stereocenters. The summed E-state index contributed by atoms with van der Waals surface area (Å²) in [5, 5.41) is 3.92. The van der Waals surface area contributed by atoms with Crippen LogP contribution in [0.15, 0.2) is 17.3 Å². The number of rotatable bonds is 5. The predicted octanol–water partition coefficient (Wildman–Crippen LogP) is 5.21. The highest BCUT2D eigenvalue weighted by molar-refractivity contribution is 7.99. The fourth-order valence-electron chi connectivity index (χ4n) is 2.77. The van der Waals surface area contributed by atoms with Crippen molar-refractivity contribution in [1.82, 2.24) is 20.3 Å². The Morgan fingerprint density at radius 2 is 2.00 bits per heavy atom. The average molecular weight is 461 g/mol. The molecule has 11 heteroatoms. The van der Waals surface area contributed by atoms with E-state index in [4.69, 9.17) is 11.6 Å². The quantitative estimate of drug-likeness (QED) is 0.418. The molecule has 0 saturated heterocycles. The number of carbonyl (C=O) groups is 1. The van der Waals surface area contributed by atoms with Gasteiger partial charge in [-0.15, -0.1) is 23.1 Å². The molecule has 0 unspecified atom stereocenters. The number of halogens is 4. The number of nitrogens with one attached hydrogen (secondary N) is 1. The van der Waals surface area contributed by atoms with Crippen LogP contribution in [0.3, 0.4) is 0 Å². The molecule has 0 radical (unpaired) electrons. The largest absolute Gasteiger partial charge is 0.417 e. The van der Waals surface area contributed by atoms with Crippen LogP contribution < -0.4 is 5.32 Å². The van der Waals surface area contributed by atoms with Crippen LogP contribution in [0.2, 0.25) is 5.02 Å². The summed E-state index contributed by atoms with van der Waals surface area (Å²) in [5.74, 6) is 0.835. The summed E-state index contributed by atoms with van der Waals surface area (Å²) in [7, 11) is 0. The number of nitrogens with zero attached hydrogens (tertiary/aromatic N) is 3. The average Bonchev–Trinajstić information content (AvgIpc) is 2.95. The van der Waals surface area contributed by atoms with E-state index in [1.165, 1.54) is 23.1 Å². The van der Waals surface area contributed by atoms with Gasteiger partial charge in [0.15, 0.2) is 0 Å². The Labute approximate surface area is 178 Å². The zero-order valence-electron chi connectivity index (χ0n) is 15.6. The van der Waals surface area contributed by atoms with Crippen molar-refractivity contribution in [2.24, 2.45) is 0 Å². The van der Waals surface area contributed by atoms with Crippen molar-refractivity contribution in [3.05, 3.63) is 44.8 Å². The van der Waals surface area contributed by atoms with Gasteiger partial charge in [0, 0.05) is 29.6 Å². The molecule has 0 fully saturated rings. The van der Waals surface area contributed by atoms with Gasteiger partial charge in [-0.2, -0.15) is 13.2 Å². The normalized spacial score (nSPS) is 11.8. The Balaban J connectivity index is 1.62. The van der Waals surface area contributed by atoms with Gasteiger partial charge in [-0.25, -0.2) is 15.0 Å². The minimum absolute atomic E-state index is 0.0686. The number of aromatic nitrogens is 3. The molecular weight excluding hydrogens is 445 g/mol. The lowest BCUT2D eigenvalue weighted by atomic mass is 10.1. The van der Waals surface area contributed by atoms with Gasteiger partial charge < -0.3 is 5.32 Å². The van der Waals surface area contributed by atoms with Gasteiger partial charge in [-0.1, -0.05) is 11.6 Å². The third-order valence-corrected chi connectivity index (χ3v) is 6.64. The molecule has 3 aromatic heterocycles. The molecule has 0 aliphatic rings. The van der Waals surface area contributed by atoms with Gasteiger partial charge in [0.2, 0.25) is 0 Å². The van der Waals surface area contributed by atoms with E-state index in [9.17, 15) is 18.0 Å². The van der Waals surface area contributed by atoms with Crippen molar-refractivity contribution in [3.63, 3.8) is 0 Å². The van der Waals surface area contributed by atoms with E-state index in [0.29, 0.717) is 23.0 Å². The molecule has 0 spiro atoms. The van der Waals surface area contributed by atoms with Crippen LogP contribution >= 0.6 is 34.7 Å². The van der Waals surface area contributed by atoms with Crippen molar-refractivity contribution in [2.45, 2.75) is 32.0 Å². The Morgan fingerprint density at radius 3 is 2.66 bits per heavy atom. The van der Waals surface area contributed by atoms with Crippen molar-refractivity contribution < 1.29 is 18.0 Å². The number of carbonyl (C=O) groups excluding carboxylic acids is 1. The summed E-state index contributed by atoms with van der Waals surface area (Å²) in [5.41, 5.74) is 0.771.